The number of hydrogen-bond donors (Lipinski definition) is 1. The Labute approximate surface area is 180 Å². The number of para-hydroxylation sites is 1. The Morgan fingerprint density at radius 3 is 2.53 bits per heavy atom. The maximum Gasteiger partial charge on any atom is 0.240 e. The van der Waals surface area contributed by atoms with Crippen LogP contribution in [0.2, 0.25) is 0 Å². The molecule has 0 aliphatic heterocycles. The van der Waals surface area contributed by atoms with Crippen molar-refractivity contribution in [2.45, 2.75) is 40.0 Å². The minimum Gasteiger partial charge on any atom is -0.493 e. The zero-order valence-electron chi connectivity index (χ0n) is 18.3. The summed E-state index contributed by atoms with van der Waals surface area (Å²) in [7, 11) is -3.58. The van der Waals surface area contributed by atoms with Gasteiger partial charge in [0.25, 0.3) is 0 Å². The predicted molar refractivity (Wildman–Crippen MR) is 122 cm³/mol. The third kappa shape index (κ3) is 6.76. The number of sulfonamides is 1. The predicted octanol–water partition coefficient (Wildman–Crippen LogP) is 3.61. The minimum atomic E-state index is -3.58. The van der Waals surface area contributed by atoms with Crippen molar-refractivity contribution in [2.24, 2.45) is 0 Å². The lowest BCUT2D eigenvalue weighted by molar-refractivity contribution is -0.119. The van der Waals surface area contributed by atoms with Gasteiger partial charge in [0.2, 0.25) is 15.9 Å². The number of carbonyl (C=O) groups excluding carboxylic acids is 1. The van der Waals surface area contributed by atoms with E-state index in [1.54, 1.807) is 12.1 Å². The standard InChI is InChI=1S/C23H32N2O4S/c1-5-16-29-22-14-7-6-11-20(22)12-9-15-24-23(26)17-25(30(4,27)28)21-13-8-10-18(2)19(21)3/h6-8,10-11,13-14H,5,9,12,15-17H2,1-4H3,(H,24,26). The molecule has 0 saturated carbocycles. The van der Waals surface area contributed by atoms with E-state index < -0.39 is 10.0 Å². The van der Waals surface area contributed by atoms with Gasteiger partial charge in [-0.05, 0) is 61.9 Å². The zero-order chi connectivity index (χ0) is 22.1. The Bertz CT molecular complexity index is 957. The van der Waals surface area contributed by atoms with Crippen LogP contribution in [-0.2, 0) is 21.2 Å². The van der Waals surface area contributed by atoms with Crippen LogP contribution in [0.5, 0.6) is 5.75 Å². The Kier molecular flexibility index (Phi) is 8.72. The molecule has 164 valence electrons. The zero-order valence-corrected chi connectivity index (χ0v) is 19.1. The van der Waals surface area contributed by atoms with Gasteiger partial charge < -0.3 is 10.1 Å². The number of aryl methyl sites for hydroxylation is 2. The lowest BCUT2D eigenvalue weighted by Crippen LogP contribution is -2.41. The van der Waals surface area contributed by atoms with Crippen molar-refractivity contribution in [3.05, 3.63) is 59.2 Å². The Balaban J connectivity index is 1.94. The molecular weight excluding hydrogens is 400 g/mol. The number of nitrogens with one attached hydrogen (secondary N) is 1. The van der Waals surface area contributed by atoms with Gasteiger partial charge in [-0.15, -0.1) is 0 Å². The van der Waals surface area contributed by atoms with E-state index in [1.165, 1.54) is 4.31 Å². The van der Waals surface area contributed by atoms with Crippen LogP contribution in [0.3, 0.4) is 0 Å². The number of nitrogens with zero attached hydrogens (tertiary/aromatic N) is 1. The third-order valence-electron chi connectivity index (χ3n) is 4.91. The summed E-state index contributed by atoms with van der Waals surface area (Å²) in [6, 6.07) is 13.3. The second kappa shape index (κ2) is 11.0. The van der Waals surface area contributed by atoms with Crippen LogP contribution in [0.1, 0.15) is 36.5 Å². The molecule has 0 aliphatic carbocycles. The highest BCUT2D eigenvalue weighted by atomic mass is 32.2. The highest BCUT2D eigenvalue weighted by Gasteiger charge is 2.22. The van der Waals surface area contributed by atoms with Crippen molar-refractivity contribution in [2.75, 3.05) is 30.3 Å². The van der Waals surface area contributed by atoms with Gasteiger partial charge in [-0.3, -0.25) is 9.10 Å². The summed E-state index contributed by atoms with van der Waals surface area (Å²) < 4.78 is 31.5. The highest BCUT2D eigenvalue weighted by Crippen LogP contribution is 2.24. The molecule has 1 N–H and O–H groups in total. The van der Waals surface area contributed by atoms with Crippen LogP contribution in [0, 0.1) is 13.8 Å². The first-order valence-electron chi connectivity index (χ1n) is 10.3. The highest BCUT2D eigenvalue weighted by molar-refractivity contribution is 7.92. The van der Waals surface area contributed by atoms with Crippen LogP contribution in [0.15, 0.2) is 42.5 Å². The van der Waals surface area contributed by atoms with Crippen molar-refractivity contribution in [3.8, 4) is 5.75 Å². The molecule has 0 aromatic heterocycles. The number of rotatable bonds is 11. The number of benzene rings is 2. The van der Waals surface area contributed by atoms with E-state index in [0.29, 0.717) is 18.8 Å². The van der Waals surface area contributed by atoms with E-state index >= 15 is 0 Å². The fourth-order valence-electron chi connectivity index (χ4n) is 3.14. The SMILES string of the molecule is CCCOc1ccccc1CCCNC(=O)CN(c1cccc(C)c1C)S(C)(=O)=O. The molecule has 0 fully saturated rings. The maximum absolute atomic E-state index is 12.4. The molecular formula is C23H32N2O4S. The van der Waals surface area contributed by atoms with Crippen molar-refractivity contribution >= 4 is 21.6 Å². The second-order valence-corrected chi connectivity index (χ2v) is 9.31. The minimum absolute atomic E-state index is 0.237. The van der Waals surface area contributed by atoms with Crippen molar-refractivity contribution in [3.63, 3.8) is 0 Å². The number of amides is 1. The number of carbonyl (C=O) groups is 1. The molecule has 30 heavy (non-hydrogen) atoms. The summed E-state index contributed by atoms with van der Waals surface area (Å²) in [6.07, 6.45) is 3.57. The van der Waals surface area contributed by atoms with Gasteiger partial charge in [0.15, 0.2) is 0 Å². The largest absolute Gasteiger partial charge is 0.493 e. The summed E-state index contributed by atoms with van der Waals surface area (Å²) in [4.78, 5) is 12.4. The fraction of sp³-hybridized carbons (Fsp3) is 0.435. The summed E-state index contributed by atoms with van der Waals surface area (Å²) in [6.45, 7) is 6.74. The molecule has 1 amide bonds. The van der Waals surface area contributed by atoms with Crippen molar-refractivity contribution in [1.82, 2.24) is 5.32 Å². The molecule has 2 rings (SSSR count). The third-order valence-corrected chi connectivity index (χ3v) is 6.04. The molecule has 0 aliphatic rings. The lowest BCUT2D eigenvalue weighted by atomic mass is 10.1. The Morgan fingerprint density at radius 2 is 1.83 bits per heavy atom. The first kappa shape index (κ1) is 23.7. The maximum atomic E-state index is 12.4. The summed E-state index contributed by atoms with van der Waals surface area (Å²) in [5.74, 6) is 0.556. The molecule has 0 radical (unpaired) electrons. The number of anilines is 1. The summed E-state index contributed by atoms with van der Waals surface area (Å²) >= 11 is 0. The molecule has 2 aromatic rings. The van der Waals surface area contributed by atoms with E-state index in [4.69, 9.17) is 4.74 Å². The van der Waals surface area contributed by atoms with E-state index in [2.05, 4.69) is 12.2 Å². The number of ether oxygens (including phenoxy) is 1. The normalized spacial score (nSPS) is 11.2. The smallest absolute Gasteiger partial charge is 0.240 e. The van der Waals surface area contributed by atoms with Crippen molar-refractivity contribution in [1.29, 1.82) is 0 Å². The lowest BCUT2D eigenvalue weighted by Gasteiger charge is -2.24. The molecule has 0 spiro atoms. The van der Waals surface area contributed by atoms with Crippen LogP contribution < -0.4 is 14.4 Å². The van der Waals surface area contributed by atoms with Crippen molar-refractivity contribution < 1.29 is 17.9 Å². The average Bonchev–Trinajstić information content (AvgIpc) is 2.70. The molecule has 6 nitrogen and oxygen atoms in total. The Hall–Kier alpha value is -2.54. The summed E-state index contributed by atoms with van der Waals surface area (Å²) in [5.41, 5.74) is 3.47. The topological polar surface area (TPSA) is 75.7 Å². The molecule has 0 heterocycles. The first-order valence-corrected chi connectivity index (χ1v) is 12.1. The van der Waals surface area contributed by atoms with Crippen LogP contribution in [-0.4, -0.2) is 40.3 Å². The summed E-state index contributed by atoms with van der Waals surface area (Å²) in [5, 5.41) is 2.84. The van der Waals surface area contributed by atoms with Crippen LogP contribution >= 0.6 is 0 Å². The molecule has 7 heteroatoms. The van der Waals surface area contributed by atoms with Gasteiger partial charge in [-0.25, -0.2) is 8.42 Å². The van der Waals surface area contributed by atoms with E-state index in [0.717, 1.165) is 48.0 Å². The second-order valence-electron chi connectivity index (χ2n) is 7.40. The fourth-order valence-corrected chi connectivity index (χ4v) is 4.05. The molecule has 0 bridgehead atoms. The van der Waals surface area contributed by atoms with Gasteiger partial charge in [0.05, 0.1) is 18.6 Å². The molecule has 0 unspecified atom stereocenters. The average molecular weight is 433 g/mol. The van der Waals surface area contributed by atoms with Gasteiger partial charge >= 0.3 is 0 Å². The molecule has 0 atom stereocenters. The number of hydrogen-bond acceptors (Lipinski definition) is 4. The van der Waals surface area contributed by atoms with E-state index in [9.17, 15) is 13.2 Å². The van der Waals surface area contributed by atoms with E-state index in [-0.39, 0.29) is 12.5 Å². The van der Waals surface area contributed by atoms with Gasteiger partial charge in [0, 0.05) is 6.54 Å². The van der Waals surface area contributed by atoms with Gasteiger partial charge in [-0.1, -0.05) is 37.3 Å². The Morgan fingerprint density at radius 1 is 1.10 bits per heavy atom. The van der Waals surface area contributed by atoms with Crippen LogP contribution in [0.4, 0.5) is 5.69 Å². The van der Waals surface area contributed by atoms with Gasteiger partial charge in [0.1, 0.15) is 12.3 Å². The first-order chi connectivity index (χ1) is 14.2. The molecule has 2 aromatic carbocycles. The van der Waals surface area contributed by atoms with Gasteiger partial charge in [-0.2, -0.15) is 0 Å². The monoisotopic (exact) mass is 432 g/mol. The van der Waals surface area contributed by atoms with E-state index in [1.807, 2.05) is 44.2 Å². The quantitative estimate of drug-likeness (QED) is 0.551. The molecule has 0 saturated heterocycles. The van der Waals surface area contributed by atoms with Crippen LogP contribution in [0.25, 0.3) is 0 Å².